The second kappa shape index (κ2) is 12.8. The Hall–Kier alpha value is -1.89. The van der Waals surface area contributed by atoms with E-state index < -0.39 is 0 Å². The Morgan fingerprint density at radius 1 is 1.06 bits per heavy atom. The van der Waals surface area contributed by atoms with E-state index in [0.29, 0.717) is 25.8 Å². The molecule has 7 nitrogen and oxygen atoms in total. The van der Waals surface area contributed by atoms with Gasteiger partial charge in [0, 0.05) is 50.4 Å². The molecule has 0 saturated carbocycles. The maximum absolute atomic E-state index is 12.3. The summed E-state index contributed by atoms with van der Waals surface area (Å²) in [6.45, 7) is 17.4. The van der Waals surface area contributed by atoms with Crippen LogP contribution in [0.25, 0.3) is 0 Å². The van der Waals surface area contributed by atoms with E-state index in [1.54, 1.807) is 6.20 Å². The van der Waals surface area contributed by atoms with E-state index in [1.807, 2.05) is 19.4 Å². The van der Waals surface area contributed by atoms with Crippen molar-refractivity contribution in [3.8, 4) is 0 Å². The third-order valence-corrected chi connectivity index (χ3v) is 5.14. The molecule has 0 bridgehead atoms. The Labute approximate surface area is 188 Å². The smallest absolute Gasteiger partial charge is 0.307 e. The summed E-state index contributed by atoms with van der Waals surface area (Å²) >= 11 is 0. The molecule has 0 fully saturated rings. The summed E-state index contributed by atoms with van der Waals surface area (Å²) in [7, 11) is 0. The van der Waals surface area contributed by atoms with Crippen LogP contribution in [0.5, 0.6) is 0 Å². The highest BCUT2D eigenvalue weighted by Crippen LogP contribution is 2.20. The lowest BCUT2D eigenvalue weighted by atomic mass is 9.91. The number of hydrogen-bond acceptors (Lipinski definition) is 6. The predicted octanol–water partition coefficient (Wildman–Crippen LogP) is 4.46. The molecule has 0 N–H and O–H groups in total. The molecule has 0 aromatic carbocycles. The van der Waals surface area contributed by atoms with Gasteiger partial charge < -0.3 is 14.0 Å². The molecular weight excluding hydrogens is 394 g/mol. The molecule has 0 saturated heterocycles. The second-order valence-electron chi connectivity index (χ2n) is 10.4. The fraction of sp³-hybridized carbons (Fsp3) is 0.792. The molecule has 0 radical (unpaired) electrons. The summed E-state index contributed by atoms with van der Waals surface area (Å²) in [4.78, 5) is 30.5. The number of aromatic nitrogens is 2. The molecule has 1 aromatic heterocycles. The van der Waals surface area contributed by atoms with Crippen molar-refractivity contribution in [2.75, 3.05) is 19.7 Å². The quantitative estimate of drug-likeness (QED) is 0.424. The van der Waals surface area contributed by atoms with E-state index in [1.165, 1.54) is 0 Å². The minimum atomic E-state index is -0.271. The van der Waals surface area contributed by atoms with E-state index in [2.05, 4.69) is 56.0 Å². The summed E-state index contributed by atoms with van der Waals surface area (Å²) in [6, 6.07) is 0. The molecule has 178 valence electrons. The van der Waals surface area contributed by atoms with E-state index in [4.69, 9.17) is 9.47 Å². The molecule has 1 aromatic rings. The van der Waals surface area contributed by atoms with Crippen molar-refractivity contribution in [1.29, 1.82) is 0 Å². The zero-order chi connectivity index (χ0) is 23.5. The number of imidazole rings is 1. The first kappa shape index (κ1) is 27.1. The number of ether oxygens (including phenoxy) is 2. The van der Waals surface area contributed by atoms with Crippen molar-refractivity contribution in [1.82, 2.24) is 14.5 Å². The molecular formula is C24H43N3O4. The highest BCUT2D eigenvalue weighted by atomic mass is 16.6. The first-order chi connectivity index (χ1) is 14.4. The highest BCUT2D eigenvalue weighted by molar-refractivity contribution is 5.70. The van der Waals surface area contributed by atoms with Crippen LogP contribution < -0.4 is 0 Å². The van der Waals surface area contributed by atoms with Crippen LogP contribution in [0.3, 0.4) is 0 Å². The van der Waals surface area contributed by atoms with Gasteiger partial charge in [0.15, 0.2) is 0 Å². The molecule has 1 atom stereocenters. The maximum Gasteiger partial charge on any atom is 0.307 e. The summed E-state index contributed by atoms with van der Waals surface area (Å²) in [5.41, 5.74) is 0.0877. The average Bonchev–Trinajstić information content (AvgIpc) is 3.14. The van der Waals surface area contributed by atoms with Crippen LogP contribution in [0.4, 0.5) is 0 Å². The third kappa shape index (κ3) is 13.2. The van der Waals surface area contributed by atoms with Gasteiger partial charge in [-0.2, -0.15) is 0 Å². The van der Waals surface area contributed by atoms with Crippen molar-refractivity contribution in [3.05, 3.63) is 18.7 Å². The van der Waals surface area contributed by atoms with Crippen molar-refractivity contribution in [2.45, 2.75) is 98.8 Å². The number of hydrogen-bond donors (Lipinski definition) is 0. The van der Waals surface area contributed by atoms with Crippen molar-refractivity contribution in [2.24, 2.45) is 5.41 Å². The van der Waals surface area contributed by atoms with Crippen LogP contribution in [0.1, 0.15) is 80.6 Å². The van der Waals surface area contributed by atoms with Gasteiger partial charge in [-0.25, -0.2) is 4.98 Å². The Morgan fingerprint density at radius 2 is 1.77 bits per heavy atom. The number of carbonyl (C=O) groups excluding carboxylic acids is 2. The fourth-order valence-electron chi connectivity index (χ4n) is 3.10. The minimum Gasteiger partial charge on any atom is -0.466 e. The van der Waals surface area contributed by atoms with E-state index in [9.17, 15) is 9.59 Å². The van der Waals surface area contributed by atoms with Gasteiger partial charge in [0.25, 0.3) is 0 Å². The lowest BCUT2D eigenvalue weighted by molar-refractivity contribution is -0.151. The molecule has 0 aliphatic carbocycles. The van der Waals surface area contributed by atoms with Gasteiger partial charge in [0.05, 0.1) is 19.4 Å². The molecule has 1 unspecified atom stereocenters. The molecule has 31 heavy (non-hydrogen) atoms. The average molecular weight is 438 g/mol. The van der Waals surface area contributed by atoms with Crippen LogP contribution in [0.2, 0.25) is 0 Å². The van der Waals surface area contributed by atoms with E-state index in [0.717, 1.165) is 25.9 Å². The van der Waals surface area contributed by atoms with Crippen LogP contribution in [0, 0.1) is 5.41 Å². The number of carbonyl (C=O) groups is 2. The van der Waals surface area contributed by atoms with Gasteiger partial charge in [0.2, 0.25) is 0 Å². The van der Waals surface area contributed by atoms with Gasteiger partial charge in [0.1, 0.15) is 6.10 Å². The first-order valence-corrected chi connectivity index (χ1v) is 11.4. The van der Waals surface area contributed by atoms with Gasteiger partial charge in [-0.15, -0.1) is 0 Å². The molecule has 1 rings (SSSR count). The van der Waals surface area contributed by atoms with Crippen LogP contribution in [-0.2, 0) is 25.6 Å². The minimum absolute atomic E-state index is 0.0257. The lowest BCUT2D eigenvalue weighted by Gasteiger charge is -2.35. The number of esters is 2. The largest absolute Gasteiger partial charge is 0.466 e. The Morgan fingerprint density at radius 3 is 2.35 bits per heavy atom. The highest BCUT2D eigenvalue weighted by Gasteiger charge is 2.22. The van der Waals surface area contributed by atoms with Crippen molar-refractivity contribution >= 4 is 11.9 Å². The Kier molecular flexibility index (Phi) is 11.2. The molecule has 0 aliphatic heterocycles. The standard InChI is InChI=1S/C24H43N3O4/c1-20(11-18-30-21(28)9-12-23(2,3)4)31-22(29)10-16-27(24(5,6)7)15-8-14-26-17-13-25-19-26/h13,17,19-20H,8-12,14-16,18H2,1-7H3. The number of aryl methyl sites for hydroxylation is 1. The predicted molar refractivity (Wildman–Crippen MR) is 123 cm³/mol. The molecule has 0 aliphatic rings. The van der Waals surface area contributed by atoms with Crippen molar-refractivity contribution < 1.29 is 19.1 Å². The van der Waals surface area contributed by atoms with Crippen LogP contribution in [-0.4, -0.2) is 57.7 Å². The van der Waals surface area contributed by atoms with Crippen LogP contribution in [0.15, 0.2) is 18.7 Å². The second-order valence-corrected chi connectivity index (χ2v) is 10.4. The summed E-state index contributed by atoms with van der Waals surface area (Å²) in [5, 5.41) is 0. The van der Waals surface area contributed by atoms with Gasteiger partial charge >= 0.3 is 11.9 Å². The van der Waals surface area contributed by atoms with E-state index in [-0.39, 0.29) is 35.6 Å². The van der Waals surface area contributed by atoms with E-state index >= 15 is 0 Å². The molecule has 0 amide bonds. The normalized spacial score (nSPS) is 13.3. The van der Waals surface area contributed by atoms with Gasteiger partial charge in [-0.05, 0) is 46.0 Å². The zero-order valence-corrected chi connectivity index (χ0v) is 20.6. The van der Waals surface area contributed by atoms with Gasteiger partial charge in [-0.3, -0.25) is 14.5 Å². The summed E-state index contributed by atoms with van der Waals surface area (Å²) in [6.07, 6.45) is 8.35. The van der Waals surface area contributed by atoms with Gasteiger partial charge in [-0.1, -0.05) is 20.8 Å². The SMILES string of the molecule is CC(CCOC(=O)CCC(C)(C)C)OC(=O)CCN(CCCn1ccnc1)C(C)(C)C. The first-order valence-electron chi connectivity index (χ1n) is 11.4. The Balaban J connectivity index is 2.27. The summed E-state index contributed by atoms with van der Waals surface area (Å²) in [5.74, 6) is -0.402. The van der Waals surface area contributed by atoms with Crippen LogP contribution >= 0.6 is 0 Å². The van der Waals surface area contributed by atoms with Crippen molar-refractivity contribution in [3.63, 3.8) is 0 Å². The maximum atomic E-state index is 12.3. The zero-order valence-electron chi connectivity index (χ0n) is 20.6. The summed E-state index contributed by atoms with van der Waals surface area (Å²) < 4.78 is 12.8. The molecule has 7 heteroatoms. The number of rotatable bonds is 13. The third-order valence-electron chi connectivity index (χ3n) is 5.14. The number of nitrogens with zero attached hydrogens (tertiary/aromatic N) is 3. The topological polar surface area (TPSA) is 73.7 Å². The Bertz CT molecular complexity index is 645. The monoisotopic (exact) mass is 437 g/mol. The lowest BCUT2D eigenvalue weighted by Crippen LogP contribution is -2.43. The molecule has 0 spiro atoms. The fourth-order valence-corrected chi connectivity index (χ4v) is 3.10. The molecule has 1 heterocycles.